The molecular weight excluding hydrogens is 490 g/mol. The van der Waals surface area contributed by atoms with Crippen molar-refractivity contribution in [2.45, 2.75) is 4.90 Å². The third-order valence-corrected chi connectivity index (χ3v) is 7.26. The molecule has 1 amide bonds. The Bertz CT molecular complexity index is 1080. The van der Waals surface area contributed by atoms with Crippen molar-refractivity contribution < 1.29 is 23.0 Å². The quantitative estimate of drug-likeness (QED) is 0.316. The van der Waals surface area contributed by atoms with Crippen LogP contribution in [0.15, 0.2) is 63.0 Å². The van der Waals surface area contributed by atoms with Crippen LogP contribution in [0.3, 0.4) is 0 Å². The maximum absolute atomic E-state index is 12.7. The number of hydrogen-bond donors (Lipinski definition) is 2. The van der Waals surface area contributed by atoms with Crippen LogP contribution in [0.5, 0.6) is 0 Å². The van der Waals surface area contributed by atoms with Crippen LogP contribution in [0.4, 0.5) is 5.69 Å². The van der Waals surface area contributed by atoms with E-state index in [1.165, 1.54) is 22.7 Å². The van der Waals surface area contributed by atoms with E-state index in [1.807, 2.05) is 0 Å². The summed E-state index contributed by atoms with van der Waals surface area (Å²) in [5.74, 6) is -0.353. The summed E-state index contributed by atoms with van der Waals surface area (Å²) in [5.41, 5.74) is 2.55. The Balaban J connectivity index is 1.50. The zero-order chi connectivity index (χ0) is 22.4. The molecule has 1 aliphatic rings. The standard InChI is InChI=1S/C19H20BrN5O5S/c20-16-5-7-17(8-6-16)31(29,30)24-11-9-23(10-12-24)14-19(26)22-21-13-15-3-1-2-4-18(15)25(27)28/h1-8,13H,9-12,14H2,(H,22,26)/p+1/b21-13+. The number of nitro benzene ring substituents is 1. The molecule has 0 aromatic heterocycles. The Hall–Kier alpha value is -2.67. The summed E-state index contributed by atoms with van der Waals surface area (Å²) in [7, 11) is -3.57. The summed E-state index contributed by atoms with van der Waals surface area (Å²) in [6, 6.07) is 12.6. The number of nitrogens with one attached hydrogen (secondary N) is 2. The van der Waals surface area contributed by atoms with Gasteiger partial charge in [0.15, 0.2) is 6.54 Å². The monoisotopic (exact) mass is 510 g/mol. The highest BCUT2D eigenvalue weighted by Crippen LogP contribution is 2.18. The van der Waals surface area contributed by atoms with Gasteiger partial charge in [-0.2, -0.15) is 9.41 Å². The lowest BCUT2D eigenvalue weighted by Gasteiger charge is -2.31. The van der Waals surface area contributed by atoms with Crippen LogP contribution in [0.2, 0.25) is 0 Å². The second-order valence-electron chi connectivity index (χ2n) is 6.89. The van der Waals surface area contributed by atoms with E-state index in [-0.39, 0.29) is 28.6 Å². The van der Waals surface area contributed by atoms with E-state index in [2.05, 4.69) is 26.5 Å². The Labute approximate surface area is 187 Å². The molecule has 164 valence electrons. The first-order valence-electron chi connectivity index (χ1n) is 9.42. The number of amides is 1. The van der Waals surface area contributed by atoms with Gasteiger partial charge in [0, 0.05) is 10.5 Å². The molecule has 0 saturated carbocycles. The molecule has 1 saturated heterocycles. The van der Waals surface area contributed by atoms with Gasteiger partial charge < -0.3 is 4.90 Å². The van der Waals surface area contributed by atoms with Crippen LogP contribution in [-0.2, 0) is 14.8 Å². The number of carbonyl (C=O) groups is 1. The Morgan fingerprint density at radius 2 is 1.84 bits per heavy atom. The van der Waals surface area contributed by atoms with Gasteiger partial charge in [0.25, 0.3) is 11.6 Å². The molecule has 1 aliphatic heterocycles. The smallest absolute Gasteiger partial charge is 0.295 e. The number of para-hydroxylation sites is 1. The summed E-state index contributed by atoms with van der Waals surface area (Å²) in [6.07, 6.45) is 1.23. The average Bonchev–Trinajstić information content (AvgIpc) is 2.74. The second-order valence-corrected chi connectivity index (χ2v) is 9.75. The Kier molecular flexibility index (Phi) is 7.49. The molecule has 0 bridgehead atoms. The molecule has 3 rings (SSSR count). The second kappa shape index (κ2) is 10.1. The number of nitro groups is 1. The van der Waals surface area contributed by atoms with E-state index in [9.17, 15) is 23.3 Å². The van der Waals surface area contributed by atoms with Crippen molar-refractivity contribution in [3.8, 4) is 0 Å². The summed E-state index contributed by atoms with van der Waals surface area (Å²) in [6.45, 7) is 1.70. The van der Waals surface area contributed by atoms with Gasteiger partial charge in [0.05, 0.1) is 47.8 Å². The lowest BCUT2D eigenvalue weighted by atomic mass is 10.2. The van der Waals surface area contributed by atoms with Gasteiger partial charge in [-0.15, -0.1) is 0 Å². The number of halogens is 1. The SMILES string of the molecule is O=C(C[NH+]1CCN(S(=O)(=O)c2ccc(Br)cc2)CC1)N/N=C/c1ccccc1[N+](=O)[O-]. The zero-order valence-electron chi connectivity index (χ0n) is 16.4. The van der Waals surface area contributed by atoms with Gasteiger partial charge in [-0.25, -0.2) is 13.8 Å². The summed E-state index contributed by atoms with van der Waals surface area (Å²) in [4.78, 5) is 23.8. The minimum absolute atomic E-state index is 0.103. The number of quaternary nitrogens is 1. The molecule has 12 heteroatoms. The van der Waals surface area contributed by atoms with Crippen molar-refractivity contribution >= 4 is 43.8 Å². The number of nitrogens with zero attached hydrogens (tertiary/aromatic N) is 3. The number of hydrogen-bond acceptors (Lipinski definition) is 6. The van der Waals surface area contributed by atoms with Crippen molar-refractivity contribution in [1.82, 2.24) is 9.73 Å². The van der Waals surface area contributed by atoms with Gasteiger partial charge in [-0.05, 0) is 30.3 Å². The van der Waals surface area contributed by atoms with Crippen LogP contribution in [0.25, 0.3) is 0 Å². The Morgan fingerprint density at radius 1 is 1.19 bits per heavy atom. The largest absolute Gasteiger partial charge is 0.325 e. The molecule has 0 atom stereocenters. The minimum Gasteiger partial charge on any atom is -0.325 e. The van der Waals surface area contributed by atoms with E-state index in [4.69, 9.17) is 0 Å². The highest BCUT2D eigenvalue weighted by molar-refractivity contribution is 9.10. The molecule has 1 heterocycles. The number of hydrazone groups is 1. The molecule has 0 radical (unpaired) electrons. The summed E-state index contributed by atoms with van der Waals surface area (Å²) >= 11 is 3.29. The third-order valence-electron chi connectivity index (χ3n) is 4.82. The van der Waals surface area contributed by atoms with Crippen molar-refractivity contribution in [3.05, 3.63) is 68.7 Å². The molecule has 31 heavy (non-hydrogen) atoms. The number of benzene rings is 2. The topological polar surface area (TPSA) is 126 Å². The van der Waals surface area contributed by atoms with Gasteiger partial charge in [-0.1, -0.05) is 28.1 Å². The minimum atomic E-state index is -3.57. The zero-order valence-corrected chi connectivity index (χ0v) is 18.8. The van der Waals surface area contributed by atoms with Crippen molar-refractivity contribution in [3.63, 3.8) is 0 Å². The van der Waals surface area contributed by atoms with E-state index in [0.717, 1.165) is 9.37 Å². The van der Waals surface area contributed by atoms with Gasteiger partial charge in [0.1, 0.15) is 0 Å². The van der Waals surface area contributed by atoms with Crippen molar-refractivity contribution in [2.24, 2.45) is 5.10 Å². The van der Waals surface area contributed by atoms with Crippen LogP contribution in [0, 0.1) is 10.1 Å². The maximum Gasteiger partial charge on any atom is 0.295 e. The van der Waals surface area contributed by atoms with Gasteiger partial charge in [-0.3, -0.25) is 14.9 Å². The predicted molar refractivity (Wildman–Crippen MR) is 117 cm³/mol. The molecule has 10 nitrogen and oxygen atoms in total. The molecule has 2 aromatic carbocycles. The predicted octanol–water partition coefficient (Wildman–Crippen LogP) is 0.397. The van der Waals surface area contributed by atoms with E-state index in [1.54, 1.807) is 36.4 Å². The molecule has 2 aromatic rings. The van der Waals surface area contributed by atoms with E-state index in [0.29, 0.717) is 26.2 Å². The lowest BCUT2D eigenvalue weighted by Crippen LogP contribution is -3.15. The fourth-order valence-electron chi connectivity index (χ4n) is 3.18. The van der Waals surface area contributed by atoms with Crippen LogP contribution >= 0.6 is 15.9 Å². The maximum atomic E-state index is 12.7. The number of piperazine rings is 1. The Morgan fingerprint density at radius 3 is 2.48 bits per heavy atom. The first kappa shape index (κ1) is 23.0. The number of rotatable bonds is 7. The summed E-state index contributed by atoms with van der Waals surface area (Å²) < 4.78 is 27.7. The molecule has 1 fully saturated rings. The third kappa shape index (κ3) is 5.94. The van der Waals surface area contributed by atoms with Gasteiger partial charge in [0.2, 0.25) is 10.0 Å². The van der Waals surface area contributed by atoms with Crippen LogP contribution in [0.1, 0.15) is 5.56 Å². The van der Waals surface area contributed by atoms with E-state index < -0.39 is 14.9 Å². The first-order valence-corrected chi connectivity index (χ1v) is 11.7. The first-order chi connectivity index (χ1) is 14.8. The van der Waals surface area contributed by atoms with Crippen molar-refractivity contribution in [2.75, 3.05) is 32.7 Å². The molecule has 0 unspecified atom stereocenters. The number of sulfonamides is 1. The van der Waals surface area contributed by atoms with E-state index >= 15 is 0 Å². The average molecular weight is 511 g/mol. The fourth-order valence-corrected chi connectivity index (χ4v) is 4.88. The lowest BCUT2D eigenvalue weighted by molar-refractivity contribution is -0.895. The van der Waals surface area contributed by atoms with Crippen LogP contribution < -0.4 is 10.3 Å². The normalized spacial score (nSPS) is 15.8. The highest BCUT2D eigenvalue weighted by Gasteiger charge is 2.31. The van der Waals surface area contributed by atoms with Crippen molar-refractivity contribution in [1.29, 1.82) is 0 Å². The molecule has 2 N–H and O–H groups in total. The summed E-state index contributed by atoms with van der Waals surface area (Å²) in [5, 5.41) is 14.8. The number of carbonyl (C=O) groups excluding carboxylic acids is 1. The molecular formula is C19H21BrN5O5S+. The molecule has 0 aliphatic carbocycles. The van der Waals surface area contributed by atoms with Crippen LogP contribution in [-0.4, -0.2) is 62.5 Å². The van der Waals surface area contributed by atoms with Gasteiger partial charge >= 0.3 is 0 Å². The molecule has 0 spiro atoms. The fraction of sp³-hybridized carbons (Fsp3) is 0.263. The highest BCUT2D eigenvalue weighted by atomic mass is 79.9.